The summed E-state index contributed by atoms with van der Waals surface area (Å²) in [6.45, 7) is 3.45. The maximum absolute atomic E-state index is 12.0. The van der Waals surface area contributed by atoms with Crippen LogP contribution in [0.15, 0.2) is 36.7 Å². The minimum atomic E-state index is -0.178. The van der Waals surface area contributed by atoms with Gasteiger partial charge in [0.25, 0.3) is 5.91 Å². The van der Waals surface area contributed by atoms with Gasteiger partial charge in [-0.2, -0.15) is 0 Å². The van der Waals surface area contributed by atoms with Crippen LogP contribution in [0.5, 0.6) is 0 Å². The van der Waals surface area contributed by atoms with Crippen molar-refractivity contribution in [3.8, 4) is 0 Å². The summed E-state index contributed by atoms with van der Waals surface area (Å²) in [6.07, 6.45) is 6.36. The monoisotopic (exact) mass is 355 g/mol. The molecule has 7 heteroatoms. The zero-order valence-electron chi connectivity index (χ0n) is 15.1. The summed E-state index contributed by atoms with van der Waals surface area (Å²) in [7, 11) is 1.64. The highest BCUT2D eigenvalue weighted by Crippen LogP contribution is 2.23. The Bertz CT molecular complexity index is 697. The van der Waals surface area contributed by atoms with Gasteiger partial charge in [0.15, 0.2) is 0 Å². The van der Waals surface area contributed by atoms with Crippen LogP contribution in [0.4, 0.5) is 17.3 Å². The molecule has 0 atom stereocenters. The van der Waals surface area contributed by atoms with E-state index < -0.39 is 0 Å². The number of amides is 1. The fraction of sp³-hybridized carbons (Fsp3) is 0.421. The van der Waals surface area contributed by atoms with Gasteiger partial charge in [-0.25, -0.2) is 9.97 Å². The van der Waals surface area contributed by atoms with Crippen LogP contribution in [-0.2, 0) is 4.74 Å². The van der Waals surface area contributed by atoms with Crippen molar-refractivity contribution in [2.75, 3.05) is 43.6 Å². The quantitative estimate of drug-likeness (QED) is 0.709. The van der Waals surface area contributed by atoms with Crippen LogP contribution in [0.25, 0.3) is 0 Å². The van der Waals surface area contributed by atoms with Gasteiger partial charge in [0.2, 0.25) is 5.95 Å². The molecule has 26 heavy (non-hydrogen) atoms. The fourth-order valence-corrected chi connectivity index (χ4v) is 2.89. The molecule has 0 saturated carbocycles. The highest BCUT2D eigenvalue weighted by atomic mass is 16.5. The topological polar surface area (TPSA) is 79.4 Å². The SMILES string of the molecule is COCCCNC(=O)c1cnc(Nc2ccc(N3CCCC3)cc2)nc1. The fourth-order valence-electron chi connectivity index (χ4n) is 2.89. The number of hydrogen-bond acceptors (Lipinski definition) is 6. The highest BCUT2D eigenvalue weighted by Gasteiger charge is 2.12. The van der Waals surface area contributed by atoms with Gasteiger partial charge in [-0.05, 0) is 43.5 Å². The summed E-state index contributed by atoms with van der Waals surface area (Å²) < 4.78 is 4.95. The first kappa shape index (κ1) is 18.1. The predicted octanol–water partition coefficient (Wildman–Crippen LogP) is 2.59. The second kappa shape index (κ2) is 9.15. The maximum atomic E-state index is 12.0. The van der Waals surface area contributed by atoms with Crippen LogP contribution in [0.3, 0.4) is 0 Å². The van der Waals surface area contributed by atoms with Gasteiger partial charge < -0.3 is 20.3 Å². The van der Waals surface area contributed by atoms with Crippen molar-refractivity contribution in [3.63, 3.8) is 0 Å². The Balaban J connectivity index is 1.52. The van der Waals surface area contributed by atoms with Gasteiger partial charge in [0.1, 0.15) is 0 Å². The minimum absolute atomic E-state index is 0.178. The molecule has 1 aliphatic heterocycles. The number of nitrogens with zero attached hydrogens (tertiary/aromatic N) is 3. The van der Waals surface area contributed by atoms with Gasteiger partial charge in [-0.3, -0.25) is 4.79 Å². The number of aromatic nitrogens is 2. The van der Waals surface area contributed by atoms with Crippen LogP contribution >= 0.6 is 0 Å². The average molecular weight is 355 g/mol. The lowest BCUT2D eigenvalue weighted by atomic mass is 10.2. The van der Waals surface area contributed by atoms with Crippen LogP contribution in [0, 0.1) is 0 Å². The van der Waals surface area contributed by atoms with Gasteiger partial charge in [-0.15, -0.1) is 0 Å². The van der Waals surface area contributed by atoms with E-state index >= 15 is 0 Å². The van der Waals surface area contributed by atoms with E-state index in [4.69, 9.17) is 4.74 Å². The van der Waals surface area contributed by atoms with E-state index in [9.17, 15) is 4.79 Å². The number of ether oxygens (including phenoxy) is 1. The first-order valence-corrected chi connectivity index (χ1v) is 8.97. The number of anilines is 3. The van der Waals surface area contributed by atoms with E-state index in [2.05, 4.69) is 37.6 Å². The van der Waals surface area contributed by atoms with Crippen LogP contribution < -0.4 is 15.5 Å². The van der Waals surface area contributed by atoms with Gasteiger partial charge in [-0.1, -0.05) is 0 Å². The Morgan fingerprint density at radius 2 is 1.85 bits per heavy atom. The molecule has 0 radical (unpaired) electrons. The Labute approximate surface area is 153 Å². The zero-order chi connectivity index (χ0) is 18.2. The number of carbonyl (C=O) groups is 1. The molecule has 1 aromatic carbocycles. The van der Waals surface area contributed by atoms with E-state index in [1.54, 1.807) is 7.11 Å². The molecule has 1 saturated heterocycles. The molecule has 1 amide bonds. The normalized spacial score (nSPS) is 13.7. The summed E-state index contributed by atoms with van der Waals surface area (Å²) in [5.41, 5.74) is 2.61. The molecule has 0 spiro atoms. The predicted molar refractivity (Wildman–Crippen MR) is 102 cm³/mol. The lowest BCUT2D eigenvalue weighted by Gasteiger charge is -2.17. The van der Waals surface area contributed by atoms with Crippen molar-refractivity contribution in [3.05, 3.63) is 42.2 Å². The standard InChI is InChI=1S/C19H25N5O2/c1-26-12-4-9-20-18(25)15-13-21-19(22-14-15)23-16-5-7-17(8-6-16)24-10-2-3-11-24/h5-8,13-14H,2-4,9-12H2,1H3,(H,20,25)(H,21,22,23). The van der Waals surface area contributed by atoms with E-state index in [0.717, 1.165) is 25.2 Å². The van der Waals surface area contributed by atoms with Crippen molar-refractivity contribution >= 4 is 23.2 Å². The summed E-state index contributed by atoms with van der Waals surface area (Å²) in [4.78, 5) is 22.8. The first-order valence-electron chi connectivity index (χ1n) is 8.97. The van der Waals surface area contributed by atoms with E-state index in [-0.39, 0.29) is 5.91 Å². The third-order valence-electron chi connectivity index (χ3n) is 4.32. The number of hydrogen-bond donors (Lipinski definition) is 2. The number of nitrogens with one attached hydrogen (secondary N) is 2. The van der Waals surface area contributed by atoms with Crippen molar-refractivity contribution in [1.82, 2.24) is 15.3 Å². The first-order chi connectivity index (χ1) is 12.8. The van der Waals surface area contributed by atoms with Crippen molar-refractivity contribution in [1.29, 1.82) is 0 Å². The molecule has 0 unspecified atom stereocenters. The largest absolute Gasteiger partial charge is 0.385 e. The van der Waals surface area contributed by atoms with Gasteiger partial charge in [0.05, 0.1) is 5.56 Å². The third-order valence-corrected chi connectivity index (χ3v) is 4.32. The molecular formula is C19H25N5O2. The minimum Gasteiger partial charge on any atom is -0.385 e. The lowest BCUT2D eigenvalue weighted by Crippen LogP contribution is -2.25. The molecular weight excluding hydrogens is 330 g/mol. The molecule has 2 heterocycles. The van der Waals surface area contributed by atoms with Crippen LogP contribution in [0.1, 0.15) is 29.6 Å². The van der Waals surface area contributed by atoms with Crippen molar-refractivity contribution in [2.45, 2.75) is 19.3 Å². The summed E-state index contributed by atoms with van der Waals surface area (Å²) in [5.74, 6) is 0.289. The maximum Gasteiger partial charge on any atom is 0.254 e. The van der Waals surface area contributed by atoms with Gasteiger partial charge >= 0.3 is 0 Å². The molecule has 1 fully saturated rings. The van der Waals surface area contributed by atoms with E-state index in [1.165, 1.54) is 30.9 Å². The molecule has 2 aromatic rings. The number of methoxy groups -OCH3 is 1. The smallest absolute Gasteiger partial charge is 0.254 e. The Morgan fingerprint density at radius 1 is 1.15 bits per heavy atom. The number of rotatable bonds is 8. The summed E-state index contributed by atoms with van der Waals surface area (Å²) in [5, 5.41) is 5.97. The van der Waals surface area contributed by atoms with Crippen LogP contribution in [-0.4, -0.2) is 49.2 Å². The molecule has 2 N–H and O–H groups in total. The average Bonchev–Trinajstić information content (AvgIpc) is 3.21. The molecule has 1 aliphatic rings. The Hall–Kier alpha value is -2.67. The van der Waals surface area contributed by atoms with Crippen LogP contribution in [0.2, 0.25) is 0 Å². The lowest BCUT2D eigenvalue weighted by molar-refractivity contribution is 0.0948. The second-order valence-electron chi connectivity index (χ2n) is 6.26. The Morgan fingerprint density at radius 3 is 2.50 bits per heavy atom. The zero-order valence-corrected chi connectivity index (χ0v) is 15.1. The third kappa shape index (κ3) is 4.92. The summed E-state index contributed by atoms with van der Waals surface area (Å²) in [6, 6.07) is 8.26. The highest BCUT2D eigenvalue weighted by molar-refractivity contribution is 5.93. The molecule has 7 nitrogen and oxygen atoms in total. The molecule has 1 aromatic heterocycles. The summed E-state index contributed by atoms with van der Waals surface area (Å²) >= 11 is 0. The second-order valence-corrected chi connectivity index (χ2v) is 6.26. The molecule has 3 rings (SSSR count). The van der Waals surface area contributed by atoms with Gasteiger partial charge in [0, 0.05) is 57.1 Å². The molecule has 0 aliphatic carbocycles. The molecule has 0 bridgehead atoms. The molecule has 138 valence electrons. The Kier molecular flexibility index (Phi) is 6.38. The van der Waals surface area contributed by atoms with Crippen molar-refractivity contribution in [2.24, 2.45) is 0 Å². The van der Waals surface area contributed by atoms with Crippen molar-refractivity contribution < 1.29 is 9.53 Å². The van der Waals surface area contributed by atoms with E-state index in [0.29, 0.717) is 24.7 Å². The number of carbonyl (C=O) groups excluding carboxylic acids is 1. The number of benzene rings is 1. The van der Waals surface area contributed by atoms with E-state index in [1.807, 2.05) is 12.1 Å².